The Morgan fingerprint density at radius 3 is 2.64 bits per heavy atom. The van der Waals surface area contributed by atoms with Crippen molar-refractivity contribution in [3.8, 4) is 6.07 Å². The Morgan fingerprint density at radius 2 is 2.07 bits per heavy atom. The maximum atomic E-state index is 8.55. The number of hydrogen-bond acceptors (Lipinski definition) is 3. The molecular formula is C11H11NO2. The molecule has 0 bridgehead atoms. The lowest BCUT2D eigenvalue weighted by Gasteiger charge is -1.96. The van der Waals surface area contributed by atoms with Gasteiger partial charge in [0, 0.05) is 0 Å². The van der Waals surface area contributed by atoms with E-state index in [4.69, 9.17) is 15.1 Å². The van der Waals surface area contributed by atoms with Crippen molar-refractivity contribution >= 4 is 6.08 Å². The highest BCUT2D eigenvalue weighted by Gasteiger charge is 1.88. The van der Waals surface area contributed by atoms with Gasteiger partial charge in [0.2, 0.25) is 0 Å². The molecule has 0 saturated carbocycles. The molecule has 1 aromatic carbocycles. The van der Waals surface area contributed by atoms with Crippen LogP contribution >= 0.6 is 0 Å². The second-order valence-corrected chi connectivity index (χ2v) is 2.63. The summed E-state index contributed by atoms with van der Waals surface area (Å²) in [5.74, 6) is 0. The highest BCUT2D eigenvalue weighted by Crippen LogP contribution is 2.04. The predicted octanol–water partition coefficient (Wildman–Crippen LogP) is 1.54. The fraction of sp³-hybridized carbons (Fsp3) is 0.182. The van der Waals surface area contributed by atoms with Crippen molar-refractivity contribution < 1.29 is 9.84 Å². The quantitative estimate of drug-likeness (QED) is 0.577. The monoisotopic (exact) mass is 189 g/mol. The Hall–Kier alpha value is -1.79. The molecule has 0 aliphatic heterocycles. The van der Waals surface area contributed by atoms with Crippen molar-refractivity contribution in [1.29, 1.82) is 5.26 Å². The summed E-state index contributed by atoms with van der Waals surface area (Å²) in [6.45, 7) is 0.310. The topological polar surface area (TPSA) is 53.2 Å². The molecule has 1 N–H and O–H groups in total. The third-order valence-corrected chi connectivity index (χ3v) is 1.61. The smallest absolute Gasteiger partial charge is 0.110 e. The van der Waals surface area contributed by atoms with Crippen LogP contribution in [0.25, 0.3) is 6.08 Å². The van der Waals surface area contributed by atoms with Crippen LogP contribution in [0.5, 0.6) is 0 Å². The first kappa shape index (κ1) is 10.3. The van der Waals surface area contributed by atoms with E-state index in [0.717, 1.165) is 5.56 Å². The standard InChI is InChI=1S/C11H11NO2/c12-9-11-3-1-10(2-4-11)5-7-14-8-6-13/h1-5,7,13H,6,8H2/b7-5+. The van der Waals surface area contributed by atoms with Crippen LogP contribution < -0.4 is 0 Å². The van der Waals surface area contributed by atoms with Gasteiger partial charge in [0.25, 0.3) is 0 Å². The highest BCUT2D eigenvalue weighted by atomic mass is 16.5. The minimum absolute atomic E-state index is 0.0116. The van der Waals surface area contributed by atoms with E-state index in [1.54, 1.807) is 18.2 Å². The van der Waals surface area contributed by atoms with Gasteiger partial charge in [-0.3, -0.25) is 0 Å². The average molecular weight is 189 g/mol. The summed E-state index contributed by atoms with van der Waals surface area (Å²) in [6.07, 6.45) is 3.30. The number of nitriles is 1. The number of nitrogens with zero attached hydrogens (tertiary/aromatic N) is 1. The van der Waals surface area contributed by atoms with Crippen molar-refractivity contribution in [1.82, 2.24) is 0 Å². The van der Waals surface area contributed by atoms with E-state index < -0.39 is 0 Å². The summed E-state index contributed by atoms with van der Waals surface area (Å²) in [4.78, 5) is 0. The normalized spacial score (nSPS) is 10.0. The third-order valence-electron chi connectivity index (χ3n) is 1.61. The van der Waals surface area contributed by atoms with Crippen molar-refractivity contribution in [3.63, 3.8) is 0 Å². The van der Waals surface area contributed by atoms with Crippen molar-refractivity contribution in [3.05, 3.63) is 41.7 Å². The van der Waals surface area contributed by atoms with Gasteiger partial charge in [-0.1, -0.05) is 12.1 Å². The lowest BCUT2D eigenvalue weighted by Crippen LogP contribution is -1.91. The van der Waals surface area contributed by atoms with Crippen LogP contribution in [0.15, 0.2) is 30.5 Å². The molecule has 0 aromatic heterocycles. The van der Waals surface area contributed by atoms with Gasteiger partial charge < -0.3 is 9.84 Å². The molecule has 1 aromatic rings. The Bertz CT molecular complexity index is 335. The van der Waals surface area contributed by atoms with Crippen LogP contribution in [-0.2, 0) is 4.74 Å². The summed E-state index contributed by atoms with van der Waals surface area (Å²) in [5.41, 5.74) is 1.60. The minimum Gasteiger partial charge on any atom is -0.499 e. The van der Waals surface area contributed by atoms with Crippen LogP contribution in [0, 0.1) is 11.3 Å². The first-order valence-corrected chi connectivity index (χ1v) is 4.26. The molecule has 3 nitrogen and oxygen atoms in total. The van der Waals surface area contributed by atoms with Gasteiger partial charge >= 0.3 is 0 Å². The molecule has 3 heteroatoms. The fourth-order valence-electron chi connectivity index (χ4n) is 0.916. The van der Waals surface area contributed by atoms with E-state index in [2.05, 4.69) is 0 Å². The molecule has 14 heavy (non-hydrogen) atoms. The number of benzene rings is 1. The third kappa shape index (κ3) is 3.30. The maximum Gasteiger partial charge on any atom is 0.110 e. The minimum atomic E-state index is 0.0116. The van der Waals surface area contributed by atoms with Gasteiger partial charge in [0.1, 0.15) is 6.61 Å². The van der Waals surface area contributed by atoms with E-state index in [-0.39, 0.29) is 6.61 Å². The summed E-state index contributed by atoms with van der Waals surface area (Å²) in [7, 11) is 0. The van der Waals surface area contributed by atoms with E-state index in [1.807, 2.05) is 18.2 Å². The Kier molecular flexibility index (Phi) is 4.25. The molecule has 0 aliphatic rings. The van der Waals surface area contributed by atoms with Crippen molar-refractivity contribution in [2.24, 2.45) is 0 Å². The van der Waals surface area contributed by atoms with E-state index in [9.17, 15) is 0 Å². The first-order valence-electron chi connectivity index (χ1n) is 4.26. The molecule has 0 radical (unpaired) electrons. The second-order valence-electron chi connectivity index (χ2n) is 2.63. The van der Waals surface area contributed by atoms with Gasteiger partial charge in [-0.2, -0.15) is 5.26 Å². The molecule has 0 saturated heterocycles. The number of aliphatic hydroxyl groups excluding tert-OH is 1. The zero-order valence-corrected chi connectivity index (χ0v) is 7.68. The molecule has 0 spiro atoms. The first-order chi connectivity index (χ1) is 6.86. The van der Waals surface area contributed by atoms with Gasteiger partial charge in [-0.15, -0.1) is 0 Å². The zero-order valence-electron chi connectivity index (χ0n) is 7.68. The molecule has 0 atom stereocenters. The van der Waals surface area contributed by atoms with E-state index >= 15 is 0 Å². The predicted molar refractivity (Wildman–Crippen MR) is 53.2 cm³/mol. The fourth-order valence-corrected chi connectivity index (χ4v) is 0.916. The number of hydrogen-bond donors (Lipinski definition) is 1. The van der Waals surface area contributed by atoms with Gasteiger partial charge in [0.15, 0.2) is 0 Å². The largest absolute Gasteiger partial charge is 0.499 e. The van der Waals surface area contributed by atoms with Gasteiger partial charge in [-0.25, -0.2) is 0 Å². The summed E-state index contributed by atoms with van der Waals surface area (Å²) < 4.78 is 4.95. The number of aliphatic hydroxyl groups is 1. The van der Waals surface area contributed by atoms with Crippen LogP contribution in [-0.4, -0.2) is 18.3 Å². The van der Waals surface area contributed by atoms with Gasteiger partial charge in [0.05, 0.1) is 24.5 Å². The number of ether oxygens (including phenoxy) is 1. The maximum absolute atomic E-state index is 8.55. The molecule has 0 heterocycles. The summed E-state index contributed by atoms with van der Waals surface area (Å²) in [5, 5.41) is 17.0. The molecule has 0 aliphatic carbocycles. The van der Waals surface area contributed by atoms with E-state index in [1.165, 1.54) is 6.26 Å². The number of rotatable bonds is 4. The SMILES string of the molecule is N#Cc1ccc(/C=C/OCCO)cc1. The zero-order chi connectivity index (χ0) is 10.2. The van der Waals surface area contributed by atoms with Gasteiger partial charge in [-0.05, 0) is 23.8 Å². The molecular weight excluding hydrogens is 178 g/mol. The van der Waals surface area contributed by atoms with Crippen LogP contribution in [0.2, 0.25) is 0 Å². The van der Waals surface area contributed by atoms with Crippen molar-refractivity contribution in [2.75, 3.05) is 13.2 Å². The van der Waals surface area contributed by atoms with Crippen molar-refractivity contribution in [2.45, 2.75) is 0 Å². The molecule has 0 amide bonds. The Labute approximate surface area is 82.9 Å². The summed E-state index contributed by atoms with van der Waals surface area (Å²) in [6, 6.07) is 9.19. The summed E-state index contributed by atoms with van der Waals surface area (Å²) >= 11 is 0. The van der Waals surface area contributed by atoms with E-state index in [0.29, 0.717) is 12.2 Å². The Balaban J connectivity index is 2.52. The lowest BCUT2D eigenvalue weighted by molar-refractivity contribution is 0.167. The molecule has 0 fully saturated rings. The highest BCUT2D eigenvalue weighted by molar-refractivity contribution is 5.49. The Morgan fingerprint density at radius 1 is 1.36 bits per heavy atom. The lowest BCUT2D eigenvalue weighted by atomic mass is 10.1. The molecule has 72 valence electrons. The van der Waals surface area contributed by atoms with Crippen LogP contribution in [0.4, 0.5) is 0 Å². The molecule has 1 rings (SSSR count). The molecule has 0 unspecified atom stereocenters. The van der Waals surface area contributed by atoms with Crippen LogP contribution in [0.1, 0.15) is 11.1 Å². The second kappa shape index (κ2) is 5.79. The average Bonchev–Trinajstić information content (AvgIpc) is 2.25. The van der Waals surface area contributed by atoms with Crippen LogP contribution in [0.3, 0.4) is 0 Å².